The van der Waals surface area contributed by atoms with Crippen LogP contribution < -0.4 is 4.72 Å². The predicted molar refractivity (Wildman–Crippen MR) is 87.9 cm³/mol. The number of sulfonamides is 1. The summed E-state index contributed by atoms with van der Waals surface area (Å²) in [6, 6.07) is 4.98. The molecule has 23 heavy (non-hydrogen) atoms. The van der Waals surface area contributed by atoms with Crippen LogP contribution in [0, 0.1) is 0 Å². The van der Waals surface area contributed by atoms with Crippen LogP contribution in [0.2, 0.25) is 10.0 Å². The van der Waals surface area contributed by atoms with E-state index in [1.54, 1.807) is 22.9 Å². The van der Waals surface area contributed by atoms with Crippen LogP contribution in [0.4, 0.5) is 0 Å². The number of nitrogens with one attached hydrogen (secondary N) is 1. The fourth-order valence-corrected chi connectivity index (χ4v) is 3.29. The van der Waals surface area contributed by atoms with Crippen molar-refractivity contribution in [3.8, 4) is 5.69 Å². The van der Waals surface area contributed by atoms with Crippen molar-refractivity contribution in [2.24, 2.45) is 0 Å². The molecule has 3 rings (SSSR count). The molecule has 2 aromatic rings. The van der Waals surface area contributed by atoms with Crippen molar-refractivity contribution in [2.45, 2.75) is 18.8 Å². The second kappa shape index (κ2) is 5.81. The maximum atomic E-state index is 12.2. The molecule has 0 saturated heterocycles. The molecule has 0 atom stereocenters. The van der Waals surface area contributed by atoms with Gasteiger partial charge in [0, 0.05) is 10.9 Å². The summed E-state index contributed by atoms with van der Waals surface area (Å²) in [6.45, 7) is 0. The molecular weight excluding hydrogens is 361 g/mol. The van der Waals surface area contributed by atoms with Crippen molar-refractivity contribution in [1.82, 2.24) is 14.5 Å². The molecule has 0 bridgehead atoms. The van der Waals surface area contributed by atoms with Gasteiger partial charge >= 0.3 is 0 Å². The number of amides is 1. The first-order valence-corrected chi connectivity index (χ1v) is 9.46. The lowest BCUT2D eigenvalue weighted by Gasteiger charge is -2.10. The summed E-state index contributed by atoms with van der Waals surface area (Å²) in [5, 5.41) is 5.12. The van der Waals surface area contributed by atoms with E-state index in [0.717, 1.165) is 19.1 Å². The van der Waals surface area contributed by atoms with Crippen molar-refractivity contribution in [3.05, 3.63) is 45.7 Å². The van der Waals surface area contributed by atoms with Crippen molar-refractivity contribution >= 4 is 39.1 Å². The Morgan fingerprint density at radius 2 is 2.04 bits per heavy atom. The Hall–Kier alpha value is -1.57. The van der Waals surface area contributed by atoms with Gasteiger partial charge < -0.3 is 0 Å². The SMILES string of the molecule is CS(=O)(=O)NC(=O)c1cnn(-c2ccc(Cl)cc2Cl)c1C1CC1. The van der Waals surface area contributed by atoms with Gasteiger partial charge in [-0.2, -0.15) is 5.10 Å². The Balaban J connectivity index is 2.08. The van der Waals surface area contributed by atoms with E-state index in [1.807, 2.05) is 4.72 Å². The number of hydrogen-bond acceptors (Lipinski definition) is 4. The third-order valence-corrected chi connectivity index (χ3v) is 4.53. The first-order valence-electron chi connectivity index (χ1n) is 6.82. The topological polar surface area (TPSA) is 81.1 Å². The summed E-state index contributed by atoms with van der Waals surface area (Å²) in [4.78, 5) is 12.2. The Morgan fingerprint density at radius 1 is 1.35 bits per heavy atom. The molecule has 1 aliphatic carbocycles. The second-order valence-electron chi connectivity index (χ2n) is 5.43. The molecule has 1 heterocycles. The molecule has 0 unspecified atom stereocenters. The normalized spacial score (nSPS) is 14.7. The van der Waals surface area contributed by atoms with Crippen LogP contribution in [0.15, 0.2) is 24.4 Å². The molecule has 1 N–H and O–H groups in total. The van der Waals surface area contributed by atoms with Gasteiger partial charge in [-0.05, 0) is 31.0 Å². The molecule has 1 fully saturated rings. The summed E-state index contributed by atoms with van der Waals surface area (Å²) < 4.78 is 26.1. The minimum absolute atomic E-state index is 0.157. The van der Waals surface area contributed by atoms with E-state index in [9.17, 15) is 13.2 Å². The number of hydrogen-bond donors (Lipinski definition) is 1. The Bertz CT molecular complexity index is 889. The summed E-state index contributed by atoms with van der Waals surface area (Å²) in [5.74, 6) is -0.532. The largest absolute Gasteiger partial charge is 0.268 e. The van der Waals surface area contributed by atoms with Crippen LogP contribution in [0.25, 0.3) is 5.69 Å². The van der Waals surface area contributed by atoms with E-state index in [1.165, 1.54) is 6.20 Å². The van der Waals surface area contributed by atoms with Gasteiger partial charge in [0.2, 0.25) is 10.0 Å². The lowest BCUT2D eigenvalue weighted by Crippen LogP contribution is -2.29. The first kappa shape index (κ1) is 16.3. The molecule has 6 nitrogen and oxygen atoms in total. The third-order valence-electron chi connectivity index (χ3n) is 3.43. The highest BCUT2D eigenvalue weighted by molar-refractivity contribution is 7.89. The van der Waals surface area contributed by atoms with Gasteiger partial charge in [-0.15, -0.1) is 0 Å². The van der Waals surface area contributed by atoms with Crippen LogP contribution in [0.1, 0.15) is 34.8 Å². The molecule has 0 radical (unpaired) electrons. The fraction of sp³-hybridized carbons (Fsp3) is 0.286. The summed E-state index contributed by atoms with van der Waals surface area (Å²) in [6.07, 6.45) is 4.12. The molecule has 9 heteroatoms. The summed E-state index contributed by atoms with van der Waals surface area (Å²) in [7, 11) is -3.64. The predicted octanol–water partition coefficient (Wildman–Crippen LogP) is 2.75. The van der Waals surface area contributed by atoms with Gasteiger partial charge in [0.25, 0.3) is 5.91 Å². The quantitative estimate of drug-likeness (QED) is 0.892. The maximum absolute atomic E-state index is 12.2. The van der Waals surface area contributed by atoms with Gasteiger partial charge in [0.05, 0.1) is 34.4 Å². The molecule has 122 valence electrons. The van der Waals surface area contributed by atoms with Crippen molar-refractivity contribution < 1.29 is 13.2 Å². The molecule has 1 aromatic carbocycles. The van der Waals surface area contributed by atoms with E-state index in [-0.39, 0.29) is 11.5 Å². The summed E-state index contributed by atoms with van der Waals surface area (Å²) in [5.41, 5.74) is 1.50. The highest BCUT2D eigenvalue weighted by Gasteiger charge is 2.33. The number of carbonyl (C=O) groups is 1. The van der Waals surface area contributed by atoms with Gasteiger partial charge in [-0.3, -0.25) is 4.79 Å². The zero-order valence-electron chi connectivity index (χ0n) is 12.1. The molecule has 1 aromatic heterocycles. The minimum atomic E-state index is -3.64. The standard InChI is InChI=1S/C14H13Cl2N3O3S/c1-23(21,22)18-14(20)10-7-17-19(13(10)8-2-3-8)12-5-4-9(15)6-11(12)16/h4-8H,2-3H2,1H3,(H,18,20). The number of rotatable bonds is 4. The van der Waals surface area contributed by atoms with Gasteiger partial charge in [-0.1, -0.05) is 23.2 Å². The average Bonchev–Trinajstić information content (AvgIpc) is 3.16. The lowest BCUT2D eigenvalue weighted by atomic mass is 10.1. The zero-order valence-corrected chi connectivity index (χ0v) is 14.4. The second-order valence-corrected chi connectivity index (χ2v) is 8.02. The Labute approximate surface area is 143 Å². The lowest BCUT2D eigenvalue weighted by molar-refractivity contribution is 0.0980. The smallest absolute Gasteiger partial charge is 0.268 e. The van der Waals surface area contributed by atoms with E-state index in [2.05, 4.69) is 5.10 Å². The summed E-state index contributed by atoms with van der Waals surface area (Å²) >= 11 is 12.1. The van der Waals surface area contributed by atoms with Gasteiger partial charge in [0.1, 0.15) is 0 Å². The molecule has 1 saturated carbocycles. The number of carbonyl (C=O) groups excluding carboxylic acids is 1. The van der Waals surface area contributed by atoms with Crippen LogP contribution >= 0.6 is 23.2 Å². The Morgan fingerprint density at radius 3 is 2.61 bits per heavy atom. The molecule has 0 aliphatic heterocycles. The zero-order chi connectivity index (χ0) is 16.8. The molecule has 0 spiro atoms. The van der Waals surface area contributed by atoms with Crippen LogP contribution in [-0.2, 0) is 10.0 Å². The highest BCUT2D eigenvalue weighted by atomic mass is 35.5. The Kier molecular flexibility index (Phi) is 4.12. The van der Waals surface area contributed by atoms with E-state index < -0.39 is 15.9 Å². The van der Waals surface area contributed by atoms with Crippen LogP contribution in [-0.4, -0.2) is 30.4 Å². The minimum Gasteiger partial charge on any atom is -0.268 e. The average molecular weight is 374 g/mol. The molecular formula is C14H13Cl2N3O3S. The molecule has 1 aliphatic rings. The van der Waals surface area contributed by atoms with E-state index in [0.29, 0.717) is 21.4 Å². The first-order chi connectivity index (χ1) is 10.8. The number of halogens is 2. The van der Waals surface area contributed by atoms with Crippen molar-refractivity contribution in [3.63, 3.8) is 0 Å². The van der Waals surface area contributed by atoms with Crippen LogP contribution in [0.5, 0.6) is 0 Å². The highest BCUT2D eigenvalue weighted by Crippen LogP contribution is 2.43. The van der Waals surface area contributed by atoms with E-state index in [4.69, 9.17) is 23.2 Å². The number of nitrogens with zero attached hydrogens (tertiary/aromatic N) is 2. The van der Waals surface area contributed by atoms with Gasteiger partial charge in [-0.25, -0.2) is 17.8 Å². The van der Waals surface area contributed by atoms with E-state index >= 15 is 0 Å². The number of benzene rings is 1. The number of aromatic nitrogens is 2. The van der Waals surface area contributed by atoms with Crippen molar-refractivity contribution in [2.75, 3.05) is 6.26 Å². The van der Waals surface area contributed by atoms with Gasteiger partial charge in [0.15, 0.2) is 0 Å². The maximum Gasteiger partial charge on any atom is 0.268 e. The van der Waals surface area contributed by atoms with Crippen LogP contribution in [0.3, 0.4) is 0 Å². The monoisotopic (exact) mass is 373 g/mol. The van der Waals surface area contributed by atoms with Crippen molar-refractivity contribution in [1.29, 1.82) is 0 Å². The third kappa shape index (κ3) is 3.52. The molecule has 1 amide bonds. The fourth-order valence-electron chi connectivity index (χ4n) is 2.35.